The first-order valence-electron chi connectivity index (χ1n) is 6.22. The molecule has 0 aliphatic rings. The Bertz CT molecular complexity index is 402. The number of rotatable bonds is 4. The third-order valence-corrected chi connectivity index (χ3v) is 2.42. The molecule has 3 heteroatoms. The summed E-state index contributed by atoms with van der Waals surface area (Å²) in [6.07, 6.45) is -0.109. The SMILES string of the molecule is CC(C)OC(=O)COc1cccc(C(C)(C)C)c1. The molecule has 0 amide bonds. The highest BCUT2D eigenvalue weighted by atomic mass is 16.6. The second-order valence-corrected chi connectivity index (χ2v) is 5.61. The first-order chi connectivity index (χ1) is 8.29. The van der Waals surface area contributed by atoms with E-state index in [9.17, 15) is 4.79 Å². The van der Waals surface area contributed by atoms with Gasteiger partial charge in [0.15, 0.2) is 6.61 Å². The molecule has 0 saturated carbocycles. The van der Waals surface area contributed by atoms with Gasteiger partial charge in [0.05, 0.1) is 6.10 Å². The Morgan fingerprint density at radius 2 is 1.94 bits per heavy atom. The Labute approximate surface area is 109 Å². The molecule has 1 aromatic carbocycles. The number of benzene rings is 1. The monoisotopic (exact) mass is 250 g/mol. The second-order valence-electron chi connectivity index (χ2n) is 5.61. The smallest absolute Gasteiger partial charge is 0.344 e. The molecule has 18 heavy (non-hydrogen) atoms. The summed E-state index contributed by atoms with van der Waals surface area (Å²) in [7, 11) is 0. The highest BCUT2D eigenvalue weighted by Gasteiger charge is 2.14. The van der Waals surface area contributed by atoms with Gasteiger partial charge in [-0.3, -0.25) is 0 Å². The quantitative estimate of drug-likeness (QED) is 0.769. The maximum Gasteiger partial charge on any atom is 0.344 e. The molecule has 0 radical (unpaired) electrons. The van der Waals surface area contributed by atoms with Gasteiger partial charge in [-0.25, -0.2) is 4.79 Å². The van der Waals surface area contributed by atoms with Crippen LogP contribution in [0.3, 0.4) is 0 Å². The van der Waals surface area contributed by atoms with Crippen LogP contribution in [-0.4, -0.2) is 18.7 Å². The van der Waals surface area contributed by atoms with Gasteiger partial charge >= 0.3 is 5.97 Å². The third kappa shape index (κ3) is 4.78. The van der Waals surface area contributed by atoms with Crippen molar-refractivity contribution in [1.82, 2.24) is 0 Å². The zero-order valence-electron chi connectivity index (χ0n) is 11.8. The van der Waals surface area contributed by atoms with Crippen molar-refractivity contribution < 1.29 is 14.3 Å². The standard InChI is InChI=1S/C15H22O3/c1-11(2)18-14(16)10-17-13-8-6-7-12(9-13)15(3,4)5/h6-9,11H,10H2,1-5H3. The van der Waals surface area contributed by atoms with Crippen LogP contribution in [0.1, 0.15) is 40.2 Å². The van der Waals surface area contributed by atoms with Crippen LogP contribution in [-0.2, 0) is 14.9 Å². The summed E-state index contributed by atoms with van der Waals surface area (Å²) in [4.78, 5) is 11.4. The normalized spacial score (nSPS) is 11.4. The zero-order chi connectivity index (χ0) is 13.8. The van der Waals surface area contributed by atoms with E-state index in [0.29, 0.717) is 5.75 Å². The number of esters is 1. The lowest BCUT2D eigenvalue weighted by Crippen LogP contribution is -2.19. The Morgan fingerprint density at radius 1 is 1.28 bits per heavy atom. The van der Waals surface area contributed by atoms with E-state index in [1.54, 1.807) is 0 Å². The first kappa shape index (κ1) is 14.6. The van der Waals surface area contributed by atoms with Crippen molar-refractivity contribution in [2.24, 2.45) is 0 Å². The van der Waals surface area contributed by atoms with E-state index in [1.807, 2.05) is 32.0 Å². The molecule has 0 aliphatic carbocycles. The molecule has 0 saturated heterocycles. The molecule has 1 aromatic rings. The molecule has 0 unspecified atom stereocenters. The minimum atomic E-state index is -0.342. The first-order valence-corrected chi connectivity index (χ1v) is 6.22. The van der Waals surface area contributed by atoms with Crippen LogP contribution in [0.4, 0.5) is 0 Å². The average Bonchev–Trinajstić information content (AvgIpc) is 2.25. The van der Waals surface area contributed by atoms with Crippen LogP contribution in [0.5, 0.6) is 5.75 Å². The fourth-order valence-corrected chi connectivity index (χ4v) is 1.49. The van der Waals surface area contributed by atoms with Crippen LogP contribution in [0.25, 0.3) is 0 Å². The van der Waals surface area contributed by atoms with E-state index < -0.39 is 0 Å². The molecule has 0 atom stereocenters. The van der Waals surface area contributed by atoms with Crippen LogP contribution in [0.2, 0.25) is 0 Å². The lowest BCUT2D eigenvalue weighted by atomic mass is 9.87. The van der Waals surface area contributed by atoms with Crippen LogP contribution < -0.4 is 4.74 Å². The van der Waals surface area contributed by atoms with E-state index in [4.69, 9.17) is 9.47 Å². The van der Waals surface area contributed by atoms with Crippen molar-refractivity contribution in [3.8, 4) is 5.75 Å². The molecule has 0 heterocycles. The van der Waals surface area contributed by atoms with E-state index in [-0.39, 0.29) is 24.1 Å². The maximum atomic E-state index is 11.4. The van der Waals surface area contributed by atoms with Crippen molar-refractivity contribution in [3.05, 3.63) is 29.8 Å². The van der Waals surface area contributed by atoms with Crippen LogP contribution >= 0.6 is 0 Å². The lowest BCUT2D eigenvalue weighted by Gasteiger charge is -2.19. The van der Waals surface area contributed by atoms with Crippen molar-refractivity contribution in [2.45, 2.75) is 46.1 Å². The summed E-state index contributed by atoms with van der Waals surface area (Å²) in [6.45, 7) is 10.00. The Kier molecular flexibility index (Phi) is 4.76. The summed E-state index contributed by atoms with van der Waals surface area (Å²) in [5.74, 6) is 0.356. The highest BCUT2D eigenvalue weighted by molar-refractivity contribution is 5.71. The molecular formula is C15H22O3. The molecule has 0 aromatic heterocycles. The molecule has 0 aliphatic heterocycles. The van der Waals surface area contributed by atoms with Gasteiger partial charge in [-0.2, -0.15) is 0 Å². The Balaban J connectivity index is 2.61. The number of hydrogen-bond acceptors (Lipinski definition) is 3. The van der Waals surface area contributed by atoms with Gasteiger partial charge < -0.3 is 9.47 Å². The highest BCUT2D eigenvalue weighted by Crippen LogP contribution is 2.25. The van der Waals surface area contributed by atoms with Gasteiger partial charge in [0.25, 0.3) is 0 Å². The molecule has 0 spiro atoms. The van der Waals surface area contributed by atoms with Crippen LogP contribution in [0, 0.1) is 0 Å². The fraction of sp³-hybridized carbons (Fsp3) is 0.533. The number of carbonyl (C=O) groups is 1. The molecule has 0 bridgehead atoms. The van der Waals surface area contributed by atoms with Crippen molar-refractivity contribution in [1.29, 1.82) is 0 Å². The minimum absolute atomic E-state index is 0.0498. The third-order valence-electron chi connectivity index (χ3n) is 2.42. The van der Waals surface area contributed by atoms with Gasteiger partial charge in [0, 0.05) is 0 Å². The topological polar surface area (TPSA) is 35.5 Å². The lowest BCUT2D eigenvalue weighted by molar-refractivity contribution is -0.149. The summed E-state index contributed by atoms with van der Waals surface area (Å²) >= 11 is 0. The van der Waals surface area contributed by atoms with Crippen molar-refractivity contribution in [3.63, 3.8) is 0 Å². The van der Waals surface area contributed by atoms with Gasteiger partial charge in [-0.1, -0.05) is 32.9 Å². The Morgan fingerprint density at radius 3 is 2.50 bits per heavy atom. The summed E-state index contributed by atoms with van der Waals surface area (Å²) in [6, 6.07) is 7.80. The predicted octanol–water partition coefficient (Wildman–Crippen LogP) is 3.31. The summed E-state index contributed by atoms with van der Waals surface area (Å²) in [5, 5.41) is 0. The largest absolute Gasteiger partial charge is 0.482 e. The van der Waals surface area contributed by atoms with E-state index in [1.165, 1.54) is 5.56 Å². The number of ether oxygens (including phenoxy) is 2. The average molecular weight is 250 g/mol. The van der Waals surface area contributed by atoms with Gasteiger partial charge in [-0.15, -0.1) is 0 Å². The molecule has 1 rings (SSSR count). The summed E-state index contributed by atoms with van der Waals surface area (Å²) < 4.78 is 10.4. The minimum Gasteiger partial charge on any atom is -0.482 e. The number of hydrogen-bond donors (Lipinski definition) is 0. The predicted molar refractivity (Wildman–Crippen MR) is 71.9 cm³/mol. The Hall–Kier alpha value is -1.51. The molecule has 100 valence electrons. The zero-order valence-corrected chi connectivity index (χ0v) is 11.8. The van der Waals surface area contributed by atoms with E-state index in [0.717, 1.165) is 0 Å². The van der Waals surface area contributed by atoms with Crippen molar-refractivity contribution >= 4 is 5.97 Å². The van der Waals surface area contributed by atoms with E-state index >= 15 is 0 Å². The van der Waals surface area contributed by atoms with Crippen LogP contribution in [0.15, 0.2) is 24.3 Å². The molecule has 3 nitrogen and oxygen atoms in total. The number of carbonyl (C=O) groups excluding carboxylic acids is 1. The maximum absolute atomic E-state index is 11.4. The van der Waals surface area contributed by atoms with Gasteiger partial charge in [0.2, 0.25) is 0 Å². The summed E-state index contributed by atoms with van der Waals surface area (Å²) in [5.41, 5.74) is 1.25. The molecule has 0 fully saturated rings. The van der Waals surface area contributed by atoms with Gasteiger partial charge in [-0.05, 0) is 37.0 Å². The molecule has 0 N–H and O–H groups in total. The second kappa shape index (κ2) is 5.89. The van der Waals surface area contributed by atoms with Crippen molar-refractivity contribution in [2.75, 3.05) is 6.61 Å². The molecular weight excluding hydrogens is 228 g/mol. The van der Waals surface area contributed by atoms with Gasteiger partial charge in [0.1, 0.15) is 5.75 Å². The van der Waals surface area contributed by atoms with E-state index in [2.05, 4.69) is 26.8 Å². The fourth-order valence-electron chi connectivity index (χ4n) is 1.49.